The van der Waals surface area contributed by atoms with Crippen LogP contribution in [0.5, 0.6) is 0 Å². The molecular weight excluding hydrogens is 344 g/mol. The summed E-state index contributed by atoms with van der Waals surface area (Å²) in [6.45, 7) is 0.333. The van der Waals surface area contributed by atoms with Gasteiger partial charge in [-0.15, -0.1) is 0 Å². The number of nitrogens with one attached hydrogen (secondary N) is 1. The number of aliphatic hydroxyl groups is 1. The van der Waals surface area contributed by atoms with E-state index in [1.54, 1.807) is 19.3 Å². The second-order valence-electron chi connectivity index (χ2n) is 5.55. The van der Waals surface area contributed by atoms with E-state index in [0.717, 1.165) is 0 Å². The summed E-state index contributed by atoms with van der Waals surface area (Å²) >= 11 is 6.24. The SMILES string of the molecule is Cn1c(-c2ccccc2Cl)cn2cc(C(=O)NCCCO)nc2c1=O. The Morgan fingerprint density at radius 3 is 2.80 bits per heavy atom. The molecule has 0 aliphatic heterocycles. The number of hydrogen-bond acceptors (Lipinski definition) is 4. The zero-order chi connectivity index (χ0) is 18.0. The van der Waals surface area contributed by atoms with Crippen molar-refractivity contribution in [3.05, 3.63) is 57.7 Å². The first kappa shape index (κ1) is 17.2. The number of imidazole rings is 1. The highest BCUT2D eigenvalue weighted by molar-refractivity contribution is 6.33. The fraction of sp³-hybridized carbons (Fsp3) is 0.235. The van der Waals surface area contributed by atoms with E-state index in [1.165, 1.54) is 15.2 Å². The van der Waals surface area contributed by atoms with Crippen LogP contribution in [0.3, 0.4) is 0 Å². The average Bonchev–Trinajstić information content (AvgIpc) is 3.03. The number of hydrogen-bond donors (Lipinski definition) is 2. The van der Waals surface area contributed by atoms with Crippen LogP contribution in [0.15, 0.2) is 41.5 Å². The van der Waals surface area contributed by atoms with Gasteiger partial charge in [0.15, 0.2) is 0 Å². The van der Waals surface area contributed by atoms with Gasteiger partial charge in [0, 0.05) is 43.2 Å². The number of fused-ring (bicyclic) bond motifs is 1. The summed E-state index contributed by atoms with van der Waals surface area (Å²) in [6.07, 6.45) is 3.68. The summed E-state index contributed by atoms with van der Waals surface area (Å²) in [4.78, 5) is 28.8. The van der Waals surface area contributed by atoms with E-state index in [-0.39, 0.29) is 23.5 Å². The topological polar surface area (TPSA) is 88.6 Å². The van der Waals surface area contributed by atoms with Crippen molar-refractivity contribution in [2.24, 2.45) is 7.05 Å². The minimum atomic E-state index is -0.390. The molecule has 0 radical (unpaired) electrons. The molecule has 8 heteroatoms. The zero-order valence-electron chi connectivity index (χ0n) is 13.6. The Morgan fingerprint density at radius 1 is 1.32 bits per heavy atom. The molecule has 3 aromatic rings. The van der Waals surface area contributed by atoms with Gasteiger partial charge in [-0.05, 0) is 12.5 Å². The maximum atomic E-state index is 12.6. The molecule has 0 aliphatic rings. The van der Waals surface area contributed by atoms with Crippen LogP contribution in [0.4, 0.5) is 0 Å². The number of carbonyl (C=O) groups excluding carboxylic acids is 1. The van der Waals surface area contributed by atoms with Crippen LogP contribution in [0.25, 0.3) is 16.9 Å². The third-order valence-corrected chi connectivity index (χ3v) is 4.18. The van der Waals surface area contributed by atoms with Crippen LogP contribution in [0.1, 0.15) is 16.9 Å². The molecule has 2 N–H and O–H groups in total. The van der Waals surface area contributed by atoms with Gasteiger partial charge in [-0.1, -0.05) is 29.8 Å². The van der Waals surface area contributed by atoms with Crippen molar-refractivity contribution in [2.45, 2.75) is 6.42 Å². The molecule has 130 valence electrons. The molecule has 1 amide bonds. The van der Waals surface area contributed by atoms with E-state index < -0.39 is 5.91 Å². The Bertz CT molecular complexity index is 993. The molecule has 0 fully saturated rings. The smallest absolute Gasteiger partial charge is 0.294 e. The van der Waals surface area contributed by atoms with Gasteiger partial charge in [-0.3, -0.25) is 14.0 Å². The van der Waals surface area contributed by atoms with Crippen molar-refractivity contribution in [1.29, 1.82) is 0 Å². The fourth-order valence-corrected chi connectivity index (χ4v) is 2.76. The lowest BCUT2D eigenvalue weighted by molar-refractivity contribution is 0.0947. The van der Waals surface area contributed by atoms with Gasteiger partial charge in [0.05, 0.1) is 5.69 Å². The highest BCUT2D eigenvalue weighted by Crippen LogP contribution is 2.26. The number of aromatic nitrogens is 3. The lowest BCUT2D eigenvalue weighted by atomic mass is 10.1. The largest absolute Gasteiger partial charge is 0.396 e. The first-order chi connectivity index (χ1) is 12.0. The number of aliphatic hydroxyl groups excluding tert-OH is 1. The molecule has 2 aromatic heterocycles. The van der Waals surface area contributed by atoms with Crippen LogP contribution in [0.2, 0.25) is 5.02 Å². The third-order valence-electron chi connectivity index (χ3n) is 3.85. The zero-order valence-corrected chi connectivity index (χ0v) is 14.3. The van der Waals surface area contributed by atoms with Gasteiger partial charge in [-0.2, -0.15) is 0 Å². The van der Waals surface area contributed by atoms with Crippen molar-refractivity contribution < 1.29 is 9.90 Å². The number of carbonyl (C=O) groups is 1. The summed E-state index contributed by atoms with van der Waals surface area (Å²) < 4.78 is 2.99. The number of benzene rings is 1. The fourth-order valence-electron chi connectivity index (χ4n) is 2.53. The lowest BCUT2D eigenvalue weighted by Crippen LogP contribution is -2.25. The molecule has 0 aliphatic carbocycles. The third kappa shape index (κ3) is 3.29. The Kier molecular flexibility index (Phi) is 4.87. The first-order valence-electron chi connectivity index (χ1n) is 7.75. The molecule has 1 aromatic carbocycles. The quantitative estimate of drug-likeness (QED) is 0.674. The van der Waals surface area contributed by atoms with Crippen LogP contribution >= 0.6 is 11.6 Å². The van der Waals surface area contributed by atoms with Crippen molar-refractivity contribution in [3.8, 4) is 11.3 Å². The normalized spacial score (nSPS) is 11.0. The van der Waals surface area contributed by atoms with Crippen molar-refractivity contribution in [3.63, 3.8) is 0 Å². The minimum absolute atomic E-state index is 0.00676. The van der Waals surface area contributed by atoms with Crippen LogP contribution in [-0.4, -0.2) is 38.1 Å². The summed E-state index contributed by atoms with van der Waals surface area (Å²) in [5.74, 6) is -0.390. The summed E-state index contributed by atoms with van der Waals surface area (Å²) in [5, 5.41) is 11.9. The molecule has 0 bridgehead atoms. The standard InChI is InChI=1S/C17H17ClN4O3/c1-21-14(11-5-2-3-6-12(11)18)10-22-9-13(20-15(22)17(21)25)16(24)19-7-4-8-23/h2-3,5-6,9-10,23H,4,7-8H2,1H3,(H,19,24). The second-order valence-corrected chi connectivity index (χ2v) is 5.96. The van der Waals surface area contributed by atoms with Crippen LogP contribution in [-0.2, 0) is 7.05 Å². The summed E-state index contributed by atoms with van der Waals surface area (Å²) in [7, 11) is 1.64. The van der Waals surface area contributed by atoms with Crippen molar-refractivity contribution in [2.75, 3.05) is 13.2 Å². The highest BCUT2D eigenvalue weighted by atomic mass is 35.5. The van der Waals surface area contributed by atoms with Gasteiger partial charge in [0.2, 0.25) is 5.65 Å². The van der Waals surface area contributed by atoms with Gasteiger partial charge in [-0.25, -0.2) is 4.98 Å². The van der Waals surface area contributed by atoms with E-state index in [4.69, 9.17) is 16.7 Å². The summed E-state index contributed by atoms with van der Waals surface area (Å²) in [5.41, 5.74) is 1.31. The number of amides is 1. The van der Waals surface area contributed by atoms with Crippen LogP contribution in [0, 0.1) is 0 Å². The van der Waals surface area contributed by atoms with Crippen molar-refractivity contribution >= 4 is 23.2 Å². The molecule has 0 saturated heterocycles. The van der Waals surface area contributed by atoms with E-state index in [9.17, 15) is 9.59 Å². The predicted molar refractivity (Wildman–Crippen MR) is 94.9 cm³/mol. The molecule has 0 saturated carbocycles. The van der Waals surface area contributed by atoms with Gasteiger partial charge >= 0.3 is 0 Å². The molecular formula is C17H17ClN4O3. The molecule has 0 atom stereocenters. The number of halogens is 1. The Labute approximate surface area is 148 Å². The molecule has 7 nitrogen and oxygen atoms in total. The average molecular weight is 361 g/mol. The minimum Gasteiger partial charge on any atom is -0.396 e. The van der Waals surface area contributed by atoms with E-state index in [0.29, 0.717) is 29.2 Å². The monoisotopic (exact) mass is 360 g/mol. The first-order valence-corrected chi connectivity index (χ1v) is 8.13. The van der Waals surface area contributed by atoms with E-state index in [2.05, 4.69) is 10.3 Å². The molecule has 25 heavy (non-hydrogen) atoms. The maximum absolute atomic E-state index is 12.6. The van der Waals surface area contributed by atoms with Gasteiger partial charge in [0.1, 0.15) is 5.69 Å². The Hall–Kier alpha value is -2.64. The van der Waals surface area contributed by atoms with Crippen molar-refractivity contribution in [1.82, 2.24) is 19.3 Å². The Balaban J connectivity index is 2.06. The molecule has 2 heterocycles. The second kappa shape index (κ2) is 7.08. The predicted octanol–water partition coefficient (Wildman–Crippen LogP) is 1.47. The van der Waals surface area contributed by atoms with Crippen LogP contribution < -0.4 is 10.9 Å². The molecule has 3 rings (SSSR count). The van der Waals surface area contributed by atoms with Gasteiger partial charge in [0.25, 0.3) is 11.5 Å². The van der Waals surface area contributed by atoms with Gasteiger partial charge < -0.3 is 15.0 Å². The summed E-state index contributed by atoms with van der Waals surface area (Å²) in [6, 6.07) is 7.22. The molecule has 0 unspecified atom stereocenters. The van der Waals surface area contributed by atoms with E-state index in [1.807, 2.05) is 18.2 Å². The lowest BCUT2D eigenvalue weighted by Gasteiger charge is -2.10. The molecule has 0 spiro atoms. The number of rotatable bonds is 5. The highest BCUT2D eigenvalue weighted by Gasteiger charge is 2.16. The van der Waals surface area contributed by atoms with E-state index >= 15 is 0 Å². The maximum Gasteiger partial charge on any atom is 0.294 e. The number of nitrogens with zero attached hydrogens (tertiary/aromatic N) is 3. The Morgan fingerprint density at radius 2 is 2.08 bits per heavy atom.